The molecule has 4 fully saturated rings. The number of epoxide rings is 1. The van der Waals surface area contributed by atoms with Gasteiger partial charge in [0.1, 0.15) is 0 Å². The molecule has 4 rings (SSSR count). The van der Waals surface area contributed by atoms with Crippen LogP contribution in [-0.4, -0.2) is 11.7 Å². The molecule has 11 heavy (non-hydrogen) atoms. The molecule has 3 aliphatic carbocycles. The highest BCUT2D eigenvalue weighted by Crippen LogP contribution is 2.70. The van der Waals surface area contributed by atoms with E-state index in [0.29, 0.717) is 17.1 Å². The lowest BCUT2D eigenvalue weighted by atomic mass is 9.46. The van der Waals surface area contributed by atoms with E-state index in [2.05, 4.69) is 20.8 Å². The highest BCUT2D eigenvalue weighted by Gasteiger charge is 2.72. The van der Waals surface area contributed by atoms with Crippen molar-refractivity contribution < 1.29 is 4.74 Å². The van der Waals surface area contributed by atoms with Crippen LogP contribution in [-0.2, 0) is 4.74 Å². The largest absolute Gasteiger partial charge is 0.366 e. The van der Waals surface area contributed by atoms with Gasteiger partial charge >= 0.3 is 0 Å². The van der Waals surface area contributed by atoms with Crippen LogP contribution in [0.2, 0.25) is 0 Å². The Morgan fingerprint density at radius 3 is 2.36 bits per heavy atom. The monoisotopic (exact) mass is 152 g/mol. The van der Waals surface area contributed by atoms with Gasteiger partial charge in [0.15, 0.2) is 0 Å². The third kappa shape index (κ3) is 0.516. The van der Waals surface area contributed by atoms with E-state index >= 15 is 0 Å². The van der Waals surface area contributed by atoms with Crippen LogP contribution in [0.25, 0.3) is 0 Å². The third-order valence-electron chi connectivity index (χ3n) is 4.64. The molecule has 3 saturated carbocycles. The quantitative estimate of drug-likeness (QED) is 0.485. The molecule has 0 aromatic carbocycles. The first-order valence-corrected chi connectivity index (χ1v) is 4.73. The summed E-state index contributed by atoms with van der Waals surface area (Å²) in [5.41, 5.74) is 0.889. The molecule has 0 amide bonds. The van der Waals surface area contributed by atoms with Crippen molar-refractivity contribution in [3.8, 4) is 0 Å². The van der Waals surface area contributed by atoms with Gasteiger partial charge in [0.05, 0.1) is 11.7 Å². The lowest BCUT2D eigenvalue weighted by Crippen LogP contribution is -2.56. The van der Waals surface area contributed by atoms with Crippen molar-refractivity contribution in [1.29, 1.82) is 0 Å². The average molecular weight is 152 g/mol. The van der Waals surface area contributed by atoms with Gasteiger partial charge in [-0.1, -0.05) is 13.8 Å². The number of hydrogen-bond donors (Lipinski definition) is 0. The molecule has 0 aromatic rings. The van der Waals surface area contributed by atoms with Gasteiger partial charge < -0.3 is 4.74 Å². The summed E-state index contributed by atoms with van der Waals surface area (Å²) in [4.78, 5) is 0. The standard InChI is InChI=1S/C10H16O/c1-9(2)6-4-7(9)10(3)8(5-6)11-10/h6-8H,4-5H2,1-3H3/t6-,7+,8+,10-/m0/s1. The molecule has 1 heteroatoms. The van der Waals surface area contributed by atoms with Gasteiger partial charge in [-0.2, -0.15) is 0 Å². The van der Waals surface area contributed by atoms with Gasteiger partial charge in [0.2, 0.25) is 0 Å². The van der Waals surface area contributed by atoms with E-state index in [0.717, 1.165) is 11.8 Å². The average Bonchev–Trinajstić information content (AvgIpc) is 2.58. The minimum absolute atomic E-state index is 0.304. The van der Waals surface area contributed by atoms with Gasteiger partial charge in [0.25, 0.3) is 0 Å². The number of rotatable bonds is 0. The summed E-state index contributed by atoms with van der Waals surface area (Å²) in [5, 5.41) is 0. The number of ether oxygens (including phenoxy) is 1. The molecule has 4 aliphatic rings. The summed E-state index contributed by atoms with van der Waals surface area (Å²) in [7, 11) is 0. The zero-order chi connectivity index (χ0) is 7.85. The summed E-state index contributed by atoms with van der Waals surface area (Å²) in [6.07, 6.45) is 3.40. The van der Waals surface area contributed by atoms with Crippen molar-refractivity contribution in [1.82, 2.24) is 0 Å². The van der Waals surface area contributed by atoms with E-state index < -0.39 is 0 Å². The molecular formula is C10H16O. The van der Waals surface area contributed by atoms with Crippen molar-refractivity contribution in [2.75, 3.05) is 0 Å². The van der Waals surface area contributed by atoms with E-state index in [-0.39, 0.29) is 0 Å². The zero-order valence-corrected chi connectivity index (χ0v) is 7.55. The second-order valence-corrected chi connectivity index (χ2v) is 5.33. The molecule has 1 aliphatic heterocycles. The van der Waals surface area contributed by atoms with Crippen LogP contribution in [0.1, 0.15) is 33.6 Å². The van der Waals surface area contributed by atoms with Crippen molar-refractivity contribution in [3.63, 3.8) is 0 Å². The van der Waals surface area contributed by atoms with Crippen molar-refractivity contribution in [2.24, 2.45) is 17.3 Å². The van der Waals surface area contributed by atoms with Crippen LogP contribution in [0.3, 0.4) is 0 Å². The van der Waals surface area contributed by atoms with Crippen LogP contribution in [0.4, 0.5) is 0 Å². The zero-order valence-electron chi connectivity index (χ0n) is 7.55. The fourth-order valence-electron chi connectivity index (χ4n) is 3.51. The maximum Gasteiger partial charge on any atom is 0.0953 e. The Kier molecular flexibility index (Phi) is 0.820. The fourth-order valence-corrected chi connectivity index (χ4v) is 3.51. The molecule has 62 valence electrons. The molecule has 0 unspecified atom stereocenters. The molecule has 4 atom stereocenters. The van der Waals surface area contributed by atoms with Gasteiger partial charge in [-0.25, -0.2) is 0 Å². The van der Waals surface area contributed by atoms with Crippen LogP contribution in [0, 0.1) is 17.3 Å². The van der Waals surface area contributed by atoms with E-state index in [1.165, 1.54) is 12.8 Å². The lowest BCUT2D eigenvalue weighted by molar-refractivity contribution is -0.0789. The summed E-state index contributed by atoms with van der Waals surface area (Å²) in [6, 6.07) is 0. The summed E-state index contributed by atoms with van der Waals surface area (Å²) >= 11 is 0. The van der Waals surface area contributed by atoms with Gasteiger partial charge in [0, 0.05) is 0 Å². The molecule has 2 bridgehead atoms. The van der Waals surface area contributed by atoms with Crippen LogP contribution in [0.15, 0.2) is 0 Å². The minimum Gasteiger partial charge on any atom is -0.366 e. The molecule has 0 radical (unpaired) electrons. The Balaban J connectivity index is 1.98. The first-order valence-electron chi connectivity index (χ1n) is 4.73. The van der Waals surface area contributed by atoms with Crippen LogP contribution < -0.4 is 0 Å². The van der Waals surface area contributed by atoms with Crippen molar-refractivity contribution >= 4 is 0 Å². The molecular weight excluding hydrogens is 136 g/mol. The molecule has 1 saturated heterocycles. The fraction of sp³-hybridized carbons (Fsp3) is 1.00. The lowest BCUT2D eigenvalue weighted by Gasteiger charge is -2.57. The Morgan fingerprint density at radius 2 is 1.91 bits per heavy atom. The topological polar surface area (TPSA) is 12.5 Å². The second-order valence-electron chi connectivity index (χ2n) is 5.33. The van der Waals surface area contributed by atoms with Gasteiger partial charge in [-0.3, -0.25) is 0 Å². The first kappa shape index (κ1) is 6.47. The molecule has 0 N–H and O–H groups in total. The SMILES string of the molecule is CC1(C)[C@H]2C[C@H]1[C@]1(C)O[C@@H]1C2. The maximum absolute atomic E-state index is 5.75. The van der Waals surface area contributed by atoms with E-state index in [1.807, 2.05) is 0 Å². The van der Waals surface area contributed by atoms with Crippen LogP contribution >= 0.6 is 0 Å². The number of hydrogen-bond acceptors (Lipinski definition) is 1. The minimum atomic E-state index is 0.304. The molecule has 0 spiro atoms. The van der Waals surface area contributed by atoms with E-state index in [4.69, 9.17) is 4.74 Å². The van der Waals surface area contributed by atoms with Gasteiger partial charge in [-0.05, 0) is 37.0 Å². The van der Waals surface area contributed by atoms with E-state index in [9.17, 15) is 0 Å². The molecule has 1 nitrogen and oxygen atoms in total. The normalized spacial score (nSPS) is 63.0. The maximum atomic E-state index is 5.75. The summed E-state index contributed by atoms with van der Waals surface area (Å²) < 4.78 is 5.75. The Hall–Kier alpha value is -0.0400. The smallest absolute Gasteiger partial charge is 0.0953 e. The second kappa shape index (κ2) is 1.39. The summed E-state index contributed by atoms with van der Waals surface area (Å²) in [5.74, 6) is 1.83. The Bertz CT molecular complexity index is 216. The Labute approximate surface area is 68.1 Å². The van der Waals surface area contributed by atoms with Crippen molar-refractivity contribution in [2.45, 2.75) is 45.3 Å². The van der Waals surface area contributed by atoms with E-state index in [1.54, 1.807) is 0 Å². The highest BCUT2D eigenvalue weighted by molar-refractivity contribution is 5.20. The highest BCUT2D eigenvalue weighted by atomic mass is 16.6. The molecule has 1 heterocycles. The first-order chi connectivity index (χ1) is 5.05. The van der Waals surface area contributed by atoms with Crippen molar-refractivity contribution in [3.05, 3.63) is 0 Å². The van der Waals surface area contributed by atoms with Crippen LogP contribution in [0.5, 0.6) is 0 Å². The Morgan fingerprint density at radius 1 is 1.18 bits per heavy atom. The molecule has 0 aromatic heterocycles. The predicted octanol–water partition coefficient (Wildman–Crippen LogP) is 2.21. The third-order valence-corrected chi connectivity index (χ3v) is 4.64. The van der Waals surface area contributed by atoms with Gasteiger partial charge in [-0.15, -0.1) is 0 Å². The summed E-state index contributed by atoms with van der Waals surface area (Å²) in [6.45, 7) is 7.13. The predicted molar refractivity (Wildman–Crippen MR) is 43.3 cm³/mol.